The highest BCUT2D eigenvalue weighted by atomic mass is 19.4. The Labute approximate surface area is 147 Å². The molecule has 0 unspecified atom stereocenters. The predicted octanol–water partition coefficient (Wildman–Crippen LogP) is 2.31. The van der Waals surface area contributed by atoms with E-state index in [1.165, 1.54) is 18.2 Å². The van der Waals surface area contributed by atoms with Crippen molar-refractivity contribution < 1.29 is 27.8 Å². The number of aliphatic hydroxyl groups is 1. The van der Waals surface area contributed by atoms with E-state index in [1.807, 2.05) is 0 Å². The van der Waals surface area contributed by atoms with E-state index in [0.717, 1.165) is 0 Å². The summed E-state index contributed by atoms with van der Waals surface area (Å²) in [5.74, 6) is -0.688. The maximum atomic E-state index is 12.4. The molecule has 1 saturated heterocycles. The molecule has 2 atom stereocenters. The van der Waals surface area contributed by atoms with Gasteiger partial charge in [0, 0.05) is 18.7 Å². The van der Waals surface area contributed by atoms with Crippen molar-refractivity contribution in [1.82, 2.24) is 10.6 Å². The molecule has 0 radical (unpaired) electrons. The third-order valence-corrected chi connectivity index (χ3v) is 4.02. The van der Waals surface area contributed by atoms with Crippen LogP contribution in [0, 0.1) is 0 Å². The molecule has 138 valence electrons. The molecule has 0 spiro atoms. The summed E-state index contributed by atoms with van der Waals surface area (Å²) in [6.07, 6.45) is -5.42. The lowest BCUT2D eigenvalue weighted by Gasteiger charge is -2.16. The van der Waals surface area contributed by atoms with Crippen LogP contribution in [-0.2, 0) is 0 Å². The van der Waals surface area contributed by atoms with Gasteiger partial charge in [0.1, 0.15) is 5.75 Å². The van der Waals surface area contributed by atoms with Crippen molar-refractivity contribution >= 4 is 5.91 Å². The molecule has 5 nitrogen and oxygen atoms in total. The molecule has 3 N–H and O–H groups in total. The minimum absolute atomic E-state index is 0.329. The number of hydrogen-bond acceptors (Lipinski definition) is 4. The SMILES string of the molecule is O=C(N[C@@H]1CNC[C@H]1O)c1cccc(-c2cccc(OC(F)(F)F)c2)c1. The van der Waals surface area contributed by atoms with Crippen LogP contribution in [0.3, 0.4) is 0 Å². The molecular formula is C18H17F3N2O3. The van der Waals surface area contributed by atoms with Gasteiger partial charge in [0.25, 0.3) is 5.91 Å². The molecule has 2 aromatic carbocycles. The summed E-state index contributed by atoms with van der Waals surface area (Å²) < 4.78 is 41.0. The Kier molecular flexibility index (Phi) is 5.15. The zero-order valence-electron chi connectivity index (χ0n) is 13.6. The van der Waals surface area contributed by atoms with Crippen LogP contribution in [0.25, 0.3) is 11.1 Å². The molecule has 2 aromatic rings. The van der Waals surface area contributed by atoms with Crippen LogP contribution in [0.1, 0.15) is 10.4 Å². The van der Waals surface area contributed by atoms with Crippen molar-refractivity contribution in [3.63, 3.8) is 0 Å². The van der Waals surface area contributed by atoms with Crippen molar-refractivity contribution in [2.45, 2.75) is 18.5 Å². The van der Waals surface area contributed by atoms with Gasteiger partial charge in [-0.3, -0.25) is 4.79 Å². The van der Waals surface area contributed by atoms with Gasteiger partial charge < -0.3 is 20.5 Å². The smallest absolute Gasteiger partial charge is 0.406 e. The quantitative estimate of drug-likeness (QED) is 0.777. The van der Waals surface area contributed by atoms with E-state index < -0.39 is 12.5 Å². The van der Waals surface area contributed by atoms with Crippen LogP contribution < -0.4 is 15.4 Å². The molecule has 1 aliphatic rings. The number of amides is 1. The van der Waals surface area contributed by atoms with Crippen molar-refractivity contribution in [2.75, 3.05) is 13.1 Å². The third-order valence-electron chi connectivity index (χ3n) is 4.02. The number of benzene rings is 2. The number of β-amino-alcohol motifs (C(OH)–C–C–N with tert-alkyl or cyclic N) is 1. The maximum Gasteiger partial charge on any atom is 0.573 e. The average Bonchev–Trinajstić information content (AvgIpc) is 2.98. The average molecular weight is 366 g/mol. The Hall–Kier alpha value is -2.58. The number of nitrogens with one attached hydrogen (secondary N) is 2. The van der Waals surface area contributed by atoms with Crippen molar-refractivity contribution in [2.24, 2.45) is 0 Å². The maximum absolute atomic E-state index is 12.4. The van der Waals surface area contributed by atoms with E-state index in [0.29, 0.717) is 29.8 Å². The highest BCUT2D eigenvalue weighted by Gasteiger charge is 2.31. The topological polar surface area (TPSA) is 70.6 Å². The van der Waals surface area contributed by atoms with Gasteiger partial charge >= 0.3 is 6.36 Å². The lowest BCUT2D eigenvalue weighted by atomic mass is 10.0. The lowest BCUT2D eigenvalue weighted by molar-refractivity contribution is -0.274. The minimum atomic E-state index is -4.77. The predicted molar refractivity (Wildman–Crippen MR) is 88.7 cm³/mol. The monoisotopic (exact) mass is 366 g/mol. The van der Waals surface area contributed by atoms with Crippen LogP contribution in [0.5, 0.6) is 5.75 Å². The zero-order chi connectivity index (χ0) is 18.7. The molecular weight excluding hydrogens is 349 g/mol. The molecule has 1 amide bonds. The molecule has 0 bridgehead atoms. The summed E-state index contributed by atoms with van der Waals surface area (Å²) in [7, 11) is 0. The number of rotatable bonds is 4. The number of aliphatic hydroxyl groups excluding tert-OH is 1. The van der Waals surface area contributed by atoms with E-state index in [4.69, 9.17) is 0 Å². The molecule has 1 fully saturated rings. The van der Waals surface area contributed by atoms with Crippen molar-refractivity contribution in [3.05, 3.63) is 54.1 Å². The van der Waals surface area contributed by atoms with Gasteiger partial charge in [0.2, 0.25) is 0 Å². The van der Waals surface area contributed by atoms with Crippen molar-refractivity contribution in [3.8, 4) is 16.9 Å². The first kappa shape index (κ1) is 18.2. The highest BCUT2D eigenvalue weighted by Crippen LogP contribution is 2.28. The fourth-order valence-corrected chi connectivity index (χ4v) is 2.78. The number of halogens is 3. The Bertz CT molecular complexity index is 795. The van der Waals surface area contributed by atoms with Crippen LogP contribution >= 0.6 is 0 Å². The molecule has 0 aliphatic carbocycles. The van der Waals surface area contributed by atoms with Crippen LogP contribution in [0.2, 0.25) is 0 Å². The first-order chi connectivity index (χ1) is 12.3. The number of ether oxygens (including phenoxy) is 1. The lowest BCUT2D eigenvalue weighted by Crippen LogP contribution is -2.42. The fourth-order valence-electron chi connectivity index (χ4n) is 2.78. The van der Waals surface area contributed by atoms with Gasteiger partial charge in [0.15, 0.2) is 0 Å². The molecule has 3 rings (SSSR count). The summed E-state index contributed by atoms with van der Waals surface area (Å²) in [4.78, 5) is 12.4. The zero-order valence-corrected chi connectivity index (χ0v) is 13.6. The normalized spacial score (nSPS) is 20.0. The number of hydrogen-bond donors (Lipinski definition) is 3. The molecule has 1 aliphatic heterocycles. The van der Waals surface area contributed by atoms with Gasteiger partial charge in [-0.25, -0.2) is 0 Å². The van der Waals surface area contributed by atoms with Gasteiger partial charge in [-0.1, -0.05) is 24.3 Å². The summed E-state index contributed by atoms with van der Waals surface area (Å²) in [5.41, 5.74) is 1.42. The van der Waals surface area contributed by atoms with Gasteiger partial charge in [-0.2, -0.15) is 0 Å². The molecule has 1 heterocycles. The van der Waals surface area contributed by atoms with Gasteiger partial charge in [-0.15, -0.1) is 13.2 Å². The van der Waals surface area contributed by atoms with E-state index in [-0.39, 0.29) is 17.7 Å². The number of alkyl halides is 3. The second kappa shape index (κ2) is 7.35. The molecule has 26 heavy (non-hydrogen) atoms. The van der Waals surface area contributed by atoms with E-state index in [2.05, 4.69) is 15.4 Å². The standard InChI is InChI=1S/C18H17F3N2O3/c19-18(20,21)26-14-6-2-4-12(8-14)11-3-1-5-13(7-11)17(25)23-15-9-22-10-16(15)24/h1-8,15-16,22,24H,9-10H2,(H,23,25)/t15-,16-/m1/s1. The highest BCUT2D eigenvalue weighted by molar-refractivity contribution is 5.95. The van der Waals surface area contributed by atoms with Gasteiger partial charge in [0.05, 0.1) is 12.1 Å². The largest absolute Gasteiger partial charge is 0.573 e. The number of carbonyl (C=O) groups excluding carboxylic acids is 1. The summed E-state index contributed by atoms with van der Waals surface area (Å²) in [5, 5.41) is 15.5. The first-order valence-corrected chi connectivity index (χ1v) is 7.98. The van der Waals surface area contributed by atoms with E-state index in [9.17, 15) is 23.1 Å². The summed E-state index contributed by atoms with van der Waals surface area (Å²) in [6, 6.07) is 11.7. The molecule has 0 saturated carbocycles. The minimum Gasteiger partial charge on any atom is -0.406 e. The molecule has 0 aromatic heterocycles. The second-order valence-electron chi connectivity index (χ2n) is 5.96. The summed E-state index contributed by atoms with van der Waals surface area (Å²) >= 11 is 0. The Balaban J connectivity index is 1.79. The van der Waals surface area contributed by atoms with Gasteiger partial charge in [-0.05, 0) is 35.4 Å². The Morgan fingerprint density at radius 1 is 1.12 bits per heavy atom. The molecule has 8 heteroatoms. The fraction of sp³-hybridized carbons (Fsp3) is 0.278. The Morgan fingerprint density at radius 2 is 1.81 bits per heavy atom. The second-order valence-corrected chi connectivity index (χ2v) is 5.96. The number of carbonyl (C=O) groups is 1. The summed E-state index contributed by atoms with van der Waals surface area (Å²) in [6.45, 7) is 0.889. The Morgan fingerprint density at radius 3 is 2.46 bits per heavy atom. The first-order valence-electron chi connectivity index (χ1n) is 7.98. The third kappa shape index (κ3) is 4.53. The van der Waals surface area contributed by atoms with Crippen LogP contribution in [0.15, 0.2) is 48.5 Å². The van der Waals surface area contributed by atoms with Crippen molar-refractivity contribution in [1.29, 1.82) is 0 Å². The van der Waals surface area contributed by atoms with E-state index >= 15 is 0 Å². The van der Waals surface area contributed by atoms with Crippen LogP contribution in [0.4, 0.5) is 13.2 Å². The van der Waals surface area contributed by atoms with E-state index in [1.54, 1.807) is 30.3 Å². The van der Waals surface area contributed by atoms with Crippen LogP contribution in [-0.4, -0.2) is 42.6 Å².